The van der Waals surface area contributed by atoms with Gasteiger partial charge in [0.05, 0.1) is 25.3 Å². The van der Waals surface area contributed by atoms with Crippen LogP contribution in [0.5, 0.6) is 0 Å². The summed E-state index contributed by atoms with van der Waals surface area (Å²) in [5.74, 6) is 0.444. The molecular weight excluding hydrogens is 272 g/mol. The molecule has 21 heavy (non-hydrogen) atoms. The lowest BCUT2D eigenvalue weighted by atomic mass is 10.1. The molecule has 2 saturated heterocycles. The van der Waals surface area contributed by atoms with Crippen molar-refractivity contribution in [2.24, 2.45) is 0 Å². The molecular formula is C14H22N4O3. The van der Waals surface area contributed by atoms with Gasteiger partial charge in [-0.2, -0.15) is 0 Å². The van der Waals surface area contributed by atoms with Gasteiger partial charge in [-0.25, -0.2) is 0 Å². The summed E-state index contributed by atoms with van der Waals surface area (Å²) < 4.78 is 10.5. The fraction of sp³-hybridized carbons (Fsp3) is 0.714. The van der Waals surface area contributed by atoms with Crippen LogP contribution in [0.2, 0.25) is 0 Å². The van der Waals surface area contributed by atoms with Gasteiger partial charge >= 0.3 is 0 Å². The molecule has 0 spiro atoms. The number of nitrogens with one attached hydrogen (secondary N) is 1. The highest BCUT2D eigenvalue weighted by Gasteiger charge is 2.35. The topological polar surface area (TPSA) is 70.8 Å². The predicted molar refractivity (Wildman–Crippen MR) is 76.2 cm³/mol. The summed E-state index contributed by atoms with van der Waals surface area (Å²) in [6, 6.07) is 1.91. The highest BCUT2D eigenvalue weighted by atomic mass is 16.5. The lowest BCUT2D eigenvalue weighted by Crippen LogP contribution is -2.56. The van der Waals surface area contributed by atoms with E-state index < -0.39 is 0 Å². The Labute approximate surface area is 124 Å². The SMILES string of the molecule is Cc1cc(C(=O)N[C@H]2COC[C@@H]2N2CCN(C)CC2)no1. The zero-order valence-corrected chi connectivity index (χ0v) is 12.5. The van der Waals surface area contributed by atoms with E-state index in [-0.39, 0.29) is 18.0 Å². The molecule has 0 unspecified atom stereocenters. The molecule has 1 aromatic heterocycles. The van der Waals surface area contributed by atoms with Crippen LogP contribution in [-0.4, -0.2) is 79.4 Å². The van der Waals surface area contributed by atoms with Gasteiger partial charge in [0.1, 0.15) is 5.76 Å². The van der Waals surface area contributed by atoms with E-state index in [4.69, 9.17) is 9.26 Å². The molecule has 1 aromatic rings. The Kier molecular flexibility index (Phi) is 4.23. The molecule has 2 fully saturated rings. The van der Waals surface area contributed by atoms with Crippen molar-refractivity contribution in [1.29, 1.82) is 0 Å². The fourth-order valence-electron chi connectivity index (χ4n) is 2.91. The second-order valence-corrected chi connectivity index (χ2v) is 5.85. The number of piperazine rings is 1. The van der Waals surface area contributed by atoms with Gasteiger partial charge in [0.15, 0.2) is 5.69 Å². The van der Waals surface area contributed by atoms with Crippen molar-refractivity contribution >= 4 is 5.91 Å². The van der Waals surface area contributed by atoms with Crippen LogP contribution in [-0.2, 0) is 4.74 Å². The van der Waals surface area contributed by atoms with Crippen molar-refractivity contribution in [3.05, 3.63) is 17.5 Å². The lowest BCUT2D eigenvalue weighted by molar-refractivity contribution is 0.0823. The standard InChI is InChI=1S/C14H22N4O3/c1-10-7-11(16-21-10)14(19)15-12-8-20-9-13(12)18-5-3-17(2)4-6-18/h7,12-13H,3-6,8-9H2,1-2H3,(H,15,19)/t12-,13-/m0/s1. The molecule has 0 radical (unpaired) electrons. The van der Waals surface area contributed by atoms with Crippen molar-refractivity contribution in [2.45, 2.75) is 19.0 Å². The maximum atomic E-state index is 12.2. The smallest absolute Gasteiger partial charge is 0.273 e. The number of carbonyl (C=O) groups excluding carboxylic acids is 1. The first-order valence-corrected chi connectivity index (χ1v) is 7.38. The monoisotopic (exact) mass is 294 g/mol. The van der Waals surface area contributed by atoms with Crippen molar-refractivity contribution in [3.63, 3.8) is 0 Å². The van der Waals surface area contributed by atoms with Gasteiger partial charge in [-0.3, -0.25) is 9.69 Å². The van der Waals surface area contributed by atoms with Gasteiger partial charge in [-0.05, 0) is 14.0 Å². The maximum absolute atomic E-state index is 12.2. The van der Waals surface area contributed by atoms with E-state index in [0.29, 0.717) is 24.7 Å². The first-order chi connectivity index (χ1) is 10.1. The molecule has 2 atom stereocenters. The van der Waals surface area contributed by atoms with Crippen LogP contribution in [0.1, 0.15) is 16.2 Å². The third-order valence-electron chi connectivity index (χ3n) is 4.23. The van der Waals surface area contributed by atoms with Gasteiger partial charge in [0, 0.05) is 32.2 Å². The number of aryl methyl sites for hydroxylation is 1. The second kappa shape index (κ2) is 6.13. The van der Waals surface area contributed by atoms with E-state index in [1.54, 1.807) is 13.0 Å². The van der Waals surface area contributed by atoms with Crippen molar-refractivity contribution < 1.29 is 14.1 Å². The minimum atomic E-state index is -0.193. The molecule has 2 aliphatic heterocycles. The Balaban J connectivity index is 1.60. The van der Waals surface area contributed by atoms with Gasteiger partial charge in [0.2, 0.25) is 0 Å². The highest BCUT2D eigenvalue weighted by Crippen LogP contribution is 2.16. The summed E-state index contributed by atoms with van der Waals surface area (Å²) in [5.41, 5.74) is 0.330. The number of hydrogen-bond donors (Lipinski definition) is 1. The van der Waals surface area contributed by atoms with E-state index in [9.17, 15) is 4.79 Å². The number of likely N-dealkylation sites (N-methyl/N-ethyl adjacent to an activating group) is 1. The summed E-state index contributed by atoms with van der Waals surface area (Å²) in [7, 11) is 2.13. The van der Waals surface area contributed by atoms with Crippen molar-refractivity contribution in [2.75, 3.05) is 46.4 Å². The lowest BCUT2D eigenvalue weighted by Gasteiger charge is -2.37. The molecule has 3 heterocycles. The summed E-state index contributed by atoms with van der Waals surface area (Å²) >= 11 is 0. The molecule has 0 bridgehead atoms. The average molecular weight is 294 g/mol. The molecule has 7 nitrogen and oxygen atoms in total. The molecule has 2 aliphatic rings. The highest BCUT2D eigenvalue weighted by molar-refractivity contribution is 5.92. The Bertz CT molecular complexity index is 496. The summed E-state index contributed by atoms with van der Waals surface area (Å²) in [4.78, 5) is 16.9. The van der Waals surface area contributed by atoms with Crippen molar-refractivity contribution in [1.82, 2.24) is 20.3 Å². The molecule has 0 aromatic carbocycles. The first-order valence-electron chi connectivity index (χ1n) is 7.38. The zero-order chi connectivity index (χ0) is 14.8. The summed E-state index contributed by atoms with van der Waals surface area (Å²) in [6.45, 7) is 7.14. The number of aromatic nitrogens is 1. The Hall–Kier alpha value is -1.44. The minimum absolute atomic E-state index is 0.0120. The van der Waals surface area contributed by atoms with E-state index in [0.717, 1.165) is 26.2 Å². The largest absolute Gasteiger partial charge is 0.378 e. The predicted octanol–water partition coefficient (Wildman–Crippen LogP) is -0.272. The Morgan fingerprint density at radius 1 is 1.33 bits per heavy atom. The second-order valence-electron chi connectivity index (χ2n) is 5.85. The molecule has 0 saturated carbocycles. The third-order valence-corrected chi connectivity index (χ3v) is 4.23. The zero-order valence-electron chi connectivity index (χ0n) is 12.5. The molecule has 1 amide bonds. The normalized spacial score (nSPS) is 27.9. The minimum Gasteiger partial charge on any atom is -0.378 e. The summed E-state index contributed by atoms with van der Waals surface area (Å²) in [6.07, 6.45) is 0. The van der Waals surface area contributed by atoms with Crippen LogP contribution in [0.4, 0.5) is 0 Å². The molecule has 1 N–H and O–H groups in total. The van der Waals surface area contributed by atoms with Crippen LogP contribution in [0.25, 0.3) is 0 Å². The average Bonchev–Trinajstić information content (AvgIpc) is 3.09. The van der Waals surface area contributed by atoms with E-state index in [1.807, 2.05) is 0 Å². The van der Waals surface area contributed by atoms with Crippen LogP contribution in [0.3, 0.4) is 0 Å². The van der Waals surface area contributed by atoms with Gasteiger partial charge in [0.25, 0.3) is 5.91 Å². The molecule has 0 aliphatic carbocycles. The van der Waals surface area contributed by atoms with Gasteiger partial charge < -0.3 is 19.5 Å². The van der Waals surface area contributed by atoms with E-state index in [1.165, 1.54) is 0 Å². The van der Waals surface area contributed by atoms with E-state index >= 15 is 0 Å². The number of rotatable bonds is 3. The number of nitrogens with zero attached hydrogens (tertiary/aromatic N) is 3. The number of amides is 1. The molecule has 3 rings (SSSR count). The van der Waals surface area contributed by atoms with Crippen LogP contribution in [0, 0.1) is 6.92 Å². The molecule has 7 heteroatoms. The Morgan fingerprint density at radius 2 is 2.10 bits per heavy atom. The third kappa shape index (κ3) is 3.25. The van der Waals surface area contributed by atoms with E-state index in [2.05, 4.69) is 27.3 Å². The number of hydrogen-bond acceptors (Lipinski definition) is 6. The Morgan fingerprint density at radius 3 is 2.76 bits per heavy atom. The number of ether oxygens (including phenoxy) is 1. The van der Waals surface area contributed by atoms with Crippen LogP contribution in [0.15, 0.2) is 10.6 Å². The summed E-state index contributed by atoms with van der Waals surface area (Å²) in [5, 5.41) is 6.78. The molecule has 116 valence electrons. The quantitative estimate of drug-likeness (QED) is 0.827. The van der Waals surface area contributed by atoms with Crippen LogP contribution >= 0.6 is 0 Å². The maximum Gasteiger partial charge on any atom is 0.273 e. The van der Waals surface area contributed by atoms with Crippen LogP contribution < -0.4 is 5.32 Å². The number of carbonyl (C=O) groups is 1. The first kappa shape index (κ1) is 14.5. The fourth-order valence-corrected chi connectivity index (χ4v) is 2.91. The van der Waals surface area contributed by atoms with Crippen molar-refractivity contribution in [3.8, 4) is 0 Å². The van der Waals surface area contributed by atoms with Gasteiger partial charge in [-0.1, -0.05) is 5.16 Å². The van der Waals surface area contributed by atoms with Gasteiger partial charge in [-0.15, -0.1) is 0 Å².